The van der Waals surface area contributed by atoms with Gasteiger partial charge < -0.3 is 10.6 Å². The van der Waals surface area contributed by atoms with Crippen LogP contribution >= 0.6 is 0 Å². The van der Waals surface area contributed by atoms with E-state index in [9.17, 15) is 0 Å². The number of unbranched alkanes of at least 4 members (excludes halogenated alkanes) is 7. The molecule has 1 aromatic heterocycles. The molecule has 0 fully saturated rings. The lowest BCUT2D eigenvalue weighted by molar-refractivity contribution is 0.581. The molecule has 0 saturated carbocycles. The maximum Gasteiger partial charge on any atom is 0.128 e. The summed E-state index contributed by atoms with van der Waals surface area (Å²) in [7, 11) is 1.89. The Hall–Kier alpha value is -1.25. The highest BCUT2D eigenvalue weighted by molar-refractivity contribution is 5.44. The molecule has 1 aromatic rings. The molecule has 19 heavy (non-hydrogen) atoms. The highest BCUT2D eigenvalue weighted by atomic mass is 15.0. The first-order valence-corrected chi connectivity index (χ1v) is 7.75. The number of nitrogens with zero attached hydrogens (tertiary/aromatic N) is 1. The van der Waals surface area contributed by atoms with Crippen LogP contribution in [-0.2, 0) is 0 Å². The fourth-order valence-electron chi connectivity index (χ4n) is 2.15. The average molecular weight is 263 g/mol. The van der Waals surface area contributed by atoms with Gasteiger partial charge in [0.25, 0.3) is 0 Å². The number of hydrogen-bond donors (Lipinski definition) is 2. The highest BCUT2D eigenvalue weighted by Gasteiger charge is 1.95. The Morgan fingerprint density at radius 2 is 1.53 bits per heavy atom. The molecule has 0 aromatic carbocycles. The quantitative estimate of drug-likeness (QED) is 0.569. The second-order valence-electron chi connectivity index (χ2n) is 5.06. The van der Waals surface area contributed by atoms with E-state index < -0.39 is 0 Å². The predicted molar refractivity (Wildman–Crippen MR) is 84.9 cm³/mol. The van der Waals surface area contributed by atoms with Crippen molar-refractivity contribution in [2.24, 2.45) is 0 Å². The van der Waals surface area contributed by atoms with E-state index in [-0.39, 0.29) is 0 Å². The number of rotatable bonds is 11. The summed E-state index contributed by atoms with van der Waals surface area (Å²) < 4.78 is 0. The van der Waals surface area contributed by atoms with Crippen molar-refractivity contribution in [2.45, 2.75) is 58.3 Å². The molecular weight excluding hydrogens is 234 g/mol. The van der Waals surface area contributed by atoms with Crippen molar-refractivity contribution in [1.29, 1.82) is 0 Å². The first kappa shape index (κ1) is 15.8. The van der Waals surface area contributed by atoms with Gasteiger partial charge in [-0.2, -0.15) is 0 Å². The Labute approximate surface area is 118 Å². The second kappa shape index (κ2) is 10.7. The lowest BCUT2D eigenvalue weighted by atomic mass is 10.1. The number of pyridine rings is 1. The number of nitrogens with one attached hydrogen (secondary N) is 2. The zero-order valence-corrected chi connectivity index (χ0v) is 12.5. The first-order valence-electron chi connectivity index (χ1n) is 7.75. The molecule has 2 N–H and O–H groups in total. The van der Waals surface area contributed by atoms with Gasteiger partial charge in [0.1, 0.15) is 11.6 Å². The first-order chi connectivity index (χ1) is 9.36. The van der Waals surface area contributed by atoms with E-state index in [1.807, 2.05) is 25.2 Å². The van der Waals surface area contributed by atoms with Crippen LogP contribution in [0.15, 0.2) is 18.2 Å². The van der Waals surface area contributed by atoms with Crippen LogP contribution in [0.1, 0.15) is 58.3 Å². The summed E-state index contributed by atoms with van der Waals surface area (Å²) in [6, 6.07) is 6.02. The van der Waals surface area contributed by atoms with E-state index in [1.54, 1.807) is 0 Å². The van der Waals surface area contributed by atoms with Gasteiger partial charge in [0.15, 0.2) is 0 Å². The van der Waals surface area contributed by atoms with Gasteiger partial charge in [-0.25, -0.2) is 4.98 Å². The topological polar surface area (TPSA) is 37.0 Å². The minimum absolute atomic E-state index is 0.918. The van der Waals surface area contributed by atoms with Gasteiger partial charge in [0, 0.05) is 13.6 Å². The fraction of sp³-hybridized carbons (Fsp3) is 0.688. The Morgan fingerprint density at radius 1 is 0.895 bits per heavy atom. The minimum Gasteiger partial charge on any atom is -0.373 e. The summed E-state index contributed by atoms with van der Waals surface area (Å²) in [6.45, 7) is 3.29. The second-order valence-corrected chi connectivity index (χ2v) is 5.06. The molecule has 0 atom stereocenters. The van der Waals surface area contributed by atoms with Crippen molar-refractivity contribution in [1.82, 2.24) is 4.98 Å². The standard InChI is InChI=1S/C16H29N3/c1-3-4-5-6-7-8-9-10-14-18-16-13-11-12-15(17-2)19-16/h11-13H,3-10,14H2,1-2H3,(H2,17,18,19). The molecule has 3 heteroatoms. The zero-order chi connectivity index (χ0) is 13.8. The van der Waals surface area contributed by atoms with Crippen LogP contribution in [0.25, 0.3) is 0 Å². The smallest absolute Gasteiger partial charge is 0.128 e. The summed E-state index contributed by atoms with van der Waals surface area (Å²) in [5.41, 5.74) is 0. The normalized spacial score (nSPS) is 10.4. The molecule has 108 valence electrons. The van der Waals surface area contributed by atoms with E-state index in [2.05, 4.69) is 22.5 Å². The highest BCUT2D eigenvalue weighted by Crippen LogP contribution is 2.10. The van der Waals surface area contributed by atoms with Crippen molar-refractivity contribution < 1.29 is 0 Å². The summed E-state index contributed by atoms with van der Waals surface area (Å²) >= 11 is 0. The van der Waals surface area contributed by atoms with Crippen LogP contribution in [0, 0.1) is 0 Å². The molecule has 3 nitrogen and oxygen atoms in total. The third-order valence-corrected chi connectivity index (χ3v) is 3.34. The van der Waals surface area contributed by atoms with Gasteiger partial charge in [-0.15, -0.1) is 0 Å². The van der Waals surface area contributed by atoms with Crippen LogP contribution in [0.5, 0.6) is 0 Å². The molecule has 0 spiro atoms. The maximum absolute atomic E-state index is 4.44. The fourth-order valence-corrected chi connectivity index (χ4v) is 2.15. The molecule has 0 saturated heterocycles. The Kier molecular flexibility index (Phi) is 8.86. The monoisotopic (exact) mass is 263 g/mol. The maximum atomic E-state index is 4.44. The van der Waals surface area contributed by atoms with Crippen LogP contribution in [0.2, 0.25) is 0 Å². The van der Waals surface area contributed by atoms with Crippen molar-refractivity contribution in [2.75, 3.05) is 24.2 Å². The molecule has 0 amide bonds. The molecule has 0 aliphatic heterocycles. The van der Waals surface area contributed by atoms with Gasteiger partial charge in [0.05, 0.1) is 0 Å². The number of anilines is 2. The third-order valence-electron chi connectivity index (χ3n) is 3.34. The predicted octanol–water partition coefficient (Wildman–Crippen LogP) is 4.68. The van der Waals surface area contributed by atoms with E-state index in [1.165, 1.54) is 51.4 Å². The Morgan fingerprint density at radius 3 is 2.21 bits per heavy atom. The Bertz CT molecular complexity index is 326. The summed E-state index contributed by atoms with van der Waals surface area (Å²) in [5.74, 6) is 1.88. The van der Waals surface area contributed by atoms with E-state index in [4.69, 9.17) is 0 Å². The zero-order valence-electron chi connectivity index (χ0n) is 12.5. The molecule has 0 bridgehead atoms. The van der Waals surface area contributed by atoms with Gasteiger partial charge in [0.2, 0.25) is 0 Å². The SMILES string of the molecule is CCCCCCCCCCNc1cccc(NC)n1. The van der Waals surface area contributed by atoms with E-state index >= 15 is 0 Å². The van der Waals surface area contributed by atoms with Crippen LogP contribution in [0.3, 0.4) is 0 Å². The van der Waals surface area contributed by atoms with Crippen molar-refractivity contribution >= 4 is 11.6 Å². The van der Waals surface area contributed by atoms with Crippen LogP contribution < -0.4 is 10.6 Å². The molecule has 0 unspecified atom stereocenters. The van der Waals surface area contributed by atoms with E-state index in [0.29, 0.717) is 0 Å². The van der Waals surface area contributed by atoms with Crippen LogP contribution in [-0.4, -0.2) is 18.6 Å². The number of aromatic nitrogens is 1. The largest absolute Gasteiger partial charge is 0.373 e. The molecule has 1 heterocycles. The van der Waals surface area contributed by atoms with Crippen molar-refractivity contribution in [3.8, 4) is 0 Å². The van der Waals surface area contributed by atoms with Crippen molar-refractivity contribution in [3.63, 3.8) is 0 Å². The third kappa shape index (κ3) is 7.70. The summed E-state index contributed by atoms with van der Waals surface area (Å²) in [6.07, 6.45) is 10.9. The molecule has 1 rings (SSSR count). The average Bonchev–Trinajstić information content (AvgIpc) is 2.46. The van der Waals surface area contributed by atoms with Gasteiger partial charge >= 0.3 is 0 Å². The molecular formula is C16H29N3. The lowest BCUT2D eigenvalue weighted by Gasteiger charge is -2.07. The summed E-state index contributed by atoms with van der Waals surface area (Å²) in [4.78, 5) is 4.44. The number of hydrogen-bond acceptors (Lipinski definition) is 3. The van der Waals surface area contributed by atoms with Crippen LogP contribution in [0.4, 0.5) is 11.6 Å². The molecule has 0 aliphatic carbocycles. The summed E-state index contributed by atoms with van der Waals surface area (Å²) in [5, 5.41) is 6.43. The van der Waals surface area contributed by atoms with Gasteiger partial charge in [-0.05, 0) is 18.6 Å². The lowest BCUT2D eigenvalue weighted by Crippen LogP contribution is -2.04. The van der Waals surface area contributed by atoms with E-state index in [0.717, 1.165) is 18.2 Å². The molecule has 0 radical (unpaired) electrons. The van der Waals surface area contributed by atoms with Gasteiger partial charge in [-0.3, -0.25) is 0 Å². The molecule has 0 aliphatic rings. The van der Waals surface area contributed by atoms with Crippen molar-refractivity contribution in [3.05, 3.63) is 18.2 Å². The minimum atomic E-state index is 0.918. The van der Waals surface area contributed by atoms with Gasteiger partial charge in [-0.1, -0.05) is 57.9 Å². The Balaban J connectivity index is 1.98.